The van der Waals surface area contributed by atoms with E-state index in [1.54, 1.807) is 18.2 Å². The number of nitrogens with one attached hydrogen (secondary N) is 1. The maximum absolute atomic E-state index is 12.8. The van der Waals surface area contributed by atoms with Crippen molar-refractivity contribution in [2.45, 2.75) is 50.7 Å². The first kappa shape index (κ1) is 28.8. The molecule has 1 aromatic carbocycles. The van der Waals surface area contributed by atoms with Crippen LogP contribution < -0.4 is 20.5 Å². The van der Waals surface area contributed by atoms with Gasteiger partial charge in [-0.15, -0.1) is 10.2 Å². The Balaban J connectivity index is 1.28. The molecule has 0 unspecified atom stereocenters. The van der Waals surface area contributed by atoms with Crippen LogP contribution in [-0.2, 0) is 11.3 Å². The predicted molar refractivity (Wildman–Crippen MR) is 140 cm³/mol. The van der Waals surface area contributed by atoms with Gasteiger partial charge in [-0.25, -0.2) is 19.4 Å². The SMILES string of the molecule is C[C@@H](Cn1cnnn1)Oc1cc(-c2cnc(Nc3cn(C4CC(OC(N)=O)C4)nc3OCC(F)(F)F)nc2)ccc1Cl. The maximum atomic E-state index is 12.8. The molecule has 1 aliphatic rings. The molecule has 42 heavy (non-hydrogen) atoms. The first-order valence-electron chi connectivity index (χ1n) is 12.5. The number of aromatic nitrogens is 8. The molecule has 222 valence electrons. The lowest BCUT2D eigenvalue weighted by atomic mass is 9.89. The minimum absolute atomic E-state index is 0.0965. The summed E-state index contributed by atoms with van der Waals surface area (Å²) in [5.41, 5.74) is 6.51. The summed E-state index contributed by atoms with van der Waals surface area (Å²) in [6.45, 7) is 0.720. The van der Waals surface area contributed by atoms with Crippen LogP contribution in [0, 0.1) is 0 Å². The summed E-state index contributed by atoms with van der Waals surface area (Å²) in [6, 6.07) is 4.97. The standard InChI is InChI=1S/C24H24ClF3N10O4/c1-13(9-37-12-32-35-36-37)41-20-4-14(2-3-18(20)25)15-7-30-23(31-8-15)33-19-10-38(16-5-17(6-16)42-22(29)39)34-21(19)40-11-24(26,27)28/h2-4,7-8,10,12-13,16-17H,5-6,9,11H2,1H3,(H2,29,39)(H,30,31,33)/t13-,16?,17?/m0/s1. The predicted octanol–water partition coefficient (Wildman–Crippen LogP) is 3.93. The van der Waals surface area contributed by atoms with Gasteiger partial charge in [-0.05, 0) is 35.0 Å². The van der Waals surface area contributed by atoms with Gasteiger partial charge in [0.1, 0.15) is 30.0 Å². The van der Waals surface area contributed by atoms with Crippen LogP contribution in [0.4, 0.5) is 29.6 Å². The van der Waals surface area contributed by atoms with Gasteiger partial charge in [0, 0.05) is 30.8 Å². The highest BCUT2D eigenvalue weighted by Gasteiger charge is 2.35. The number of halogens is 4. The Bertz CT molecular complexity index is 1510. The Hall–Kier alpha value is -4.67. The largest absolute Gasteiger partial charge is 0.487 e. The zero-order valence-electron chi connectivity index (χ0n) is 21.9. The van der Waals surface area contributed by atoms with Gasteiger partial charge in [0.05, 0.1) is 23.8 Å². The molecule has 18 heteroatoms. The molecular formula is C24H24ClF3N10O4. The van der Waals surface area contributed by atoms with Crippen molar-refractivity contribution in [1.29, 1.82) is 0 Å². The number of rotatable bonds is 11. The summed E-state index contributed by atoms with van der Waals surface area (Å²) in [5.74, 6) is 0.254. The van der Waals surface area contributed by atoms with Gasteiger partial charge in [-0.3, -0.25) is 4.68 Å². The molecule has 0 spiro atoms. The number of hydrogen-bond acceptors (Lipinski definition) is 11. The highest BCUT2D eigenvalue weighted by atomic mass is 35.5. The average Bonchev–Trinajstić information content (AvgIpc) is 3.56. The summed E-state index contributed by atoms with van der Waals surface area (Å²) in [4.78, 5) is 19.5. The van der Waals surface area contributed by atoms with Crippen molar-refractivity contribution in [3.63, 3.8) is 0 Å². The third-order valence-corrected chi connectivity index (χ3v) is 6.44. The number of alkyl halides is 3. The third kappa shape index (κ3) is 7.34. The monoisotopic (exact) mass is 608 g/mol. The second kappa shape index (κ2) is 12.1. The van der Waals surface area contributed by atoms with E-state index in [-0.39, 0.29) is 29.7 Å². The normalized spacial score (nSPS) is 17.3. The fourth-order valence-electron chi connectivity index (χ4n) is 4.14. The summed E-state index contributed by atoms with van der Waals surface area (Å²) in [5, 5.41) is 18.4. The summed E-state index contributed by atoms with van der Waals surface area (Å²) < 4.78 is 57.3. The van der Waals surface area contributed by atoms with Gasteiger partial charge < -0.3 is 25.3 Å². The van der Waals surface area contributed by atoms with Crippen LogP contribution in [0.25, 0.3) is 11.1 Å². The number of nitrogens with two attached hydrogens (primary N) is 1. The molecule has 1 aliphatic carbocycles. The van der Waals surface area contributed by atoms with Crippen LogP contribution in [-0.4, -0.2) is 71.0 Å². The first-order valence-corrected chi connectivity index (χ1v) is 12.9. The molecule has 14 nitrogen and oxygen atoms in total. The zero-order valence-corrected chi connectivity index (χ0v) is 22.7. The van der Waals surface area contributed by atoms with Gasteiger partial charge in [-0.1, -0.05) is 17.7 Å². The van der Waals surface area contributed by atoms with Crippen molar-refractivity contribution in [3.8, 4) is 22.8 Å². The van der Waals surface area contributed by atoms with E-state index in [2.05, 4.69) is 35.9 Å². The van der Waals surface area contributed by atoms with Crippen LogP contribution >= 0.6 is 11.6 Å². The van der Waals surface area contributed by atoms with Crippen molar-refractivity contribution in [2.24, 2.45) is 5.73 Å². The van der Waals surface area contributed by atoms with Crippen molar-refractivity contribution in [1.82, 2.24) is 40.0 Å². The number of benzene rings is 1. The van der Waals surface area contributed by atoms with E-state index < -0.39 is 25.0 Å². The molecule has 1 fully saturated rings. The number of nitrogens with zero attached hydrogens (tertiary/aromatic N) is 8. The van der Waals surface area contributed by atoms with E-state index in [1.807, 2.05) is 6.92 Å². The molecule has 0 aliphatic heterocycles. The number of tetrazole rings is 1. The van der Waals surface area contributed by atoms with Crippen LogP contribution in [0.1, 0.15) is 25.8 Å². The molecule has 0 radical (unpaired) electrons. The van der Waals surface area contributed by atoms with Crippen molar-refractivity contribution in [3.05, 3.63) is 48.1 Å². The second-order valence-electron chi connectivity index (χ2n) is 9.44. The number of primary amides is 1. The molecule has 3 N–H and O–H groups in total. The van der Waals surface area contributed by atoms with E-state index in [0.29, 0.717) is 35.7 Å². The van der Waals surface area contributed by atoms with Crippen LogP contribution in [0.15, 0.2) is 43.1 Å². The average molecular weight is 609 g/mol. The van der Waals surface area contributed by atoms with Crippen molar-refractivity contribution in [2.75, 3.05) is 11.9 Å². The molecular weight excluding hydrogens is 585 g/mol. The highest BCUT2D eigenvalue weighted by molar-refractivity contribution is 6.32. The fourth-order valence-corrected chi connectivity index (χ4v) is 4.30. The second-order valence-corrected chi connectivity index (χ2v) is 9.85. The minimum atomic E-state index is -4.57. The van der Waals surface area contributed by atoms with Gasteiger partial charge in [-0.2, -0.15) is 13.2 Å². The van der Waals surface area contributed by atoms with E-state index >= 15 is 0 Å². The molecule has 0 saturated heterocycles. The topological polar surface area (TPSA) is 170 Å². The van der Waals surface area contributed by atoms with Crippen LogP contribution in [0.5, 0.6) is 11.6 Å². The number of anilines is 2. The molecule has 1 atom stereocenters. The lowest BCUT2D eigenvalue weighted by Gasteiger charge is -2.33. The number of hydrogen-bond donors (Lipinski definition) is 2. The minimum Gasteiger partial charge on any atom is -0.487 e. The van der Waals surface area contributed by atoms with Crippen molar-refractivity contribution >= 4 is 29.3 Å². The lowest BCUT2D eigenvalue weighted by molar-refractivity contribution is -0.154. The highest BCUT2D eigenvalue weighted by Crippen LogP contribution is 2.37. The number of carbonyl (C=O) groups is 1. The number of ether oxygens (including phenoxy) is 3. The lowest BCUT2D eigenvalue weighted by Crippen LogP contribution is -2.36. The Morgan fingerprint density at radius 2 is 2.00 bits per heavy atom. The molecule has 0 bridgehead atoms. The van der Waals surface area contributed by atoms with Gasteiger partial charge in [0.25, 0.3) is 5.88 Å². The van der Waals surface area contributed by atoms with Gasteiger partial charge in [0.15, 0.2) is 6.61 Å². The quantitative estimate of drug-likeness (QED) is 0.253. The smallest absolute Gasteiger partial charge is 0.422 e. The van der Waals surface area contributed by atoms with Crippen molar-refractivity contribution < 1.29 is 32.2 Å². The van der Waals surface area contributed by atoms with Crippen LogP contribution in [0.2, 0.25) is 5.02 Å². The molecule has 3 aromatic heterocycles. The van der Waals surface area contributed by atoms with E-state index in [4.69, 9.17) is 31.5 Å². The Morgan fingerprint density at radius 1 is 1.24 bits per heavy atom. The van der Waals surface area contributed by atoms with Gasteiger partial charge in [0.2, 0.25) is 5.95 Å². The fraction of sp³-hybridized carbons (Fsp3) is 0.375. The zero-order chi connectivity index (χ0) is 29.9. The first-order chi connectivity index (χ1) is 20.0. The molecule has 3 heterocycles. The van der Waals surface area contributed by atoms with Gasteiger partial charge >= 0.3 is 12.3 Å². The molecule has 5 rings (SSSR count). The Morgan fingerprint density at radius 3 is 2.67 bits per heavy atom. The Labute approximate surface area is 240 Å². The molecule has 1 saturated carbocycles. The molecule has 4 aromatic rings. The summed E-state index contributed by atoms with van der Waals surface area (Å²) in [6.07, 6.45) is 0.678. The number of carbonyl (C=O) groups excluding carboxylic acids is 1. The summed E-state index contributed by atoms with van der Waals surface area (Å²) in [7, 11) is 0. The molecule has 1 amide bonds. The Kier molecular flexibility index (Phi) is 8.28. The van der Waals surface area contributed by atoms with E-state index in [0.717, 1.165) is 5.56 Å². The number of amides is 1. The van der Waals surface area contributed by atoms with Crippen LogP contribution in [0.3, 0.4) is 0 Å². The maximum Gasteiger partial charge on any atom is 0.422 e. The van der Waals surface area contributed by atoms with E-state index in [1.165, 1.54) is 34.3 Å². The summed E-state index contributed by atoms with van der Waals surface area (Å²) >= 11 is 6.33. The van der Waals surface area contributed by atoms with E-state index in [9.17, 15) is 18.0 Å². The third-order valence-electron chi connectivity index (χ3n) is 6.12.